The Kier molecular flexibility index (Phi) is 4.42. The molecule has 0 radical (unpaired) electrons. The Morgan fingerprint density at radius 2 is 2.44 bits per heavy atom. The highest BCUT2D eigenvalue weighted by molar-refractivity contribution is 5.30. The monoisotopic (exact) mass is 248 g/mol. The first-order chi connectivity index (χ1) is 8.74. The van der Waals surface area contributed by atoms with E-state index in [-0.39, 0.29) is 0 Å². The van der Waals surface area contributed by atoms with Crippen molar-refractivity contribution in [2.75, 3.05) is 31.5 Å². The van der Waals surface area contributed by atoms with Crippen molar-refractivity contribution in [3.63, 3.8) is 0 Å². The Morgan fingerprint density at radius 3 is 3.17 bits per heavy atom. The Balaban J connectivity index is 2.13. The summed E-state index contributed by atoms with van der Waals surface area (Å²) < 4.78 is 2.31. The van der Waals surface area contributed by atoms with Gasteiger partial charge in [-0.1, -0.05) is 13.0 Å². The molecule has 0 aliphatic carbocycles. The average Bonchev–Trinajstić information content (AvgIpc) is 2.77. The molecule has 1 fully saturated rings. The molecule has 4 nitrogen and oxygen atoms in total. The summed E-state index contributed by atoms with van der Waals surface area (Å²) in [4.78, 5) is 7.07. The third-order valence-corrected chi connectivity index (χ3v) is 3.58. The summed E-state index contributed by atoms with van der Waals surface area (Å²) in [5.74, 6) is 0.982. The average molecular weight is 248 g/mol. The van der Waals surface area contributed by atoms with Crippen molar-refractivity contribution in [1.82, 2.24) is 14.5 Å². The lowest BCUT2D eigenvalue weighted by Crippen LogP contribution is -2.36. The van der Waals surface area contributed by atoms with Crippen molar-refractivity contribution < 1.29 is 0 Å². The molecule has 0 aromatic carbocycles. The number of rotatable bonds is 5. The van der Waals surface area contributed by atoms with Crippen LogP contribution in [0, 0.1) is 6.92 Å². The van der Waals surface area contributed by atoms with Crippen molar-refractivity contribution in [3.8, 4) is 0 Å². The standard InChI is InChI=1S/C14H24N4/c1-4-8-15-14-16-12(3)10-18(14)13-7-6-9-17(5-2)11-13/h4,10,13H,1,5-9,11H2,2-3H3,(H,15,16). The molecule has 0 bridgehead atoms. The molecule has 2 rings (SSSR count). The molecule has 1 unspecified atom stereocenters. The first-order valence-corrected chi connectivity index (χ1v) is 6.87. The Bertz CT molecular complexity index is 396. The zero-order valence-corrected chi connectivity index (χ0v) is 11.5. The molecule has 4 heteroatoms. The predicted octanol–water partition coefficient (Wildman–Crippen LogP) is 2.45. The van der Waals surface area contributed by atoms with Crippen LogP contribution in [0.25, 0.3) is 0 Å². The van der Waals surface area contributed by atoms with Gasteiger partial charge in [-0.15, -0.1) is 6.58 Å². The third kappa shape index (κ3) is 2.93. The highest BCUT2D eigenvalue weighted by atomic mass is 15.3. The number of piperidine rings is 1. The number of nitrogens with zero attached hydrogens (tertiary/aromatic N) is 3. The minimum absolute atomic E-state index is 0.548. The second-order valence-electron chi connectivity index (χ2n) is 4.97. The molecular formula is C14H24N4. The van der Waals surface area contributed by atoms with E-state index in [9.17, 15) is 0 Å². The Labute approximate surface area is 110 Å². The van der Waals surface area contributed by atoms with Gasteiger partial charge in [0.2, 0.25) is 5.95 Å². The minimum Gasteiger partial charge on any atom is -0.352 e. The van der Waals surface area contributed by atoms with Crippen LogP contribution in [-0.4, -0.2) is 40.6 Å². The molecule has 100 valence electrons. The smallest absolute Gasteiger partial charge is 0.203 e. The molecule has 1 aromatic rings. The van der Waals surface area contributed by atoms with Crippen molar-refractivity contribution in [2.24, 2.45) is 0 Å². The number of aryl methyl sites for hydroxylation is 1. The molecule has 2 heterocycles. The SMILES string of the molecule is C=CCNc1nc(C)cn1C1CCCN(CC)C1. The van der Waals surface area contributed by atoms with E-state index in [2.05, 4.69) is 46.4 Å². The molecule has 0 spiro atoms. The van der Waals surface area contributed by atoms with Crippen LogP contribution in [-0.2, 0) is 0 Å². The highest BCUT2D eigenvalue weighted by Crippen LogP contribution is 2.25. The summed E-state index contributed by atoms with van der Waals surface area (Å²) in [5, 5.41) is 3.33. The first kappa shape index (κ1) is 13.1. The number of likely N-dealkylation sites (tertiary alicyclic amines) is 1. The number of hydrogen-bond acceptors (Lipinski definition) is 3. The van der Waals surface area contributed by atoms with Crippen molar-refractivity contribution in [3.05, 3.63) is 24.5 Å². The zero-order valence-electron chi connectivity index (χ0n) is 11.5. The van der Waals surface area contributed by atoms with Crippen LogP contribution >= 0.6 is 0 Å². The van der Waals surface area contributed by atoms with Gasteiger partial charge < -0.3 is 14.8 Å². The topological polar surface area (TPSA) is 33.1 Å². The number of nitrogens with one attached hydrogen (secondary N) is 1. The molecule has 0 amide bonds. The van der Waals surface area contributed by atoms with E-state index in [0.29, 0.717) is 6.04 Å². The van der Waals surface area contributed by atoms with E-state index in [4.69, 9.17) is 0 Å². The van der Waals surface area contributed by atoms with Crippen molar-refractivity contribution >= 4 is 5.95 Å². The number of imidazole rings is 1. The van der Waals surface area contributed by atoms with E-state index in [1.807, 2.05) is 6.08 Å². The van der Waals surface area contributed by atoms with E-state index < -0.39 is 0 Å². The second kappa shape index (κ2) is 6.05. The fraction of sp³-hybridized carbons (Fsp3) is 0.643. The molecular weight excluding hydrogens is 224 g/mol. The Hall–Kier alpha value is -1.29. The lowest BCUT2D eigenvalue weighted by Gasteiger charge is -2.33. The number of aromatic nitrogens is 2. The normalized spacial score (nSPS) is 20.9. The number of hydrogen-bond donors (Lipinski definition) is 1. The van der Waals surface area contributed by atoms with Gasteiger partial charge in [0.25, 0.3) is 0 Å². The zero-order chi connectivity index (χ0) is 13.0. The quantitative estimate of drug-likeness (QED) is 0.813. The van der Waals surface area contributed by atoms with E-state index in [1.165, 1.54) is 19.4 Å². The van der Waals surface area contributed by atoms with Gasteiger partial charge >= 0.3 is 0 Å². The summed E-state index contributed by atoms with van der Waals surface area (Å²) >= 11 is 0. The molecule has 1 atom stereocenters. The van der Waals surface area contributed by atoms with Crippen LogP contribution in [0.5, 0.6) is 0 Å². The van der Waals surface area contributed by atoms with Crippen LogP contribution in [0.2, 0.25) is 0 Å². The first-order valence-electron chi connectivity index (χ1n) is 6.87. The van der Waals surface area contributed by atoms with Gasteiger partial charge in [0.15, 0.2) is 0 Å². The predicted molar refractivity (Wildman–Crippen MR) is 76.0 cm³/mol. The van der Waals surface area contributed by atoms with Crippen LogP contribution in [0.1, 0.15) is 31.5 Å². The lowest BCUT2D eigenvalue weighted by molar-refractivity contribution is 0.186. The Morgan fingerprint density at radius 1 is 1.61 bits per heavy atom. The molecule has 0 saturated carbocycles. The maximum Gasteiger partial charge on any atom is 0.203 e. The van der Waals surface area contributed by atoms with Gasteiger partial charge in [-0.2, -0.15) is 0 Å². The largest absolute Gasteiger partial charge is 0.352 e. The fourth-order valence-corrected chi connectivity index (χ4v) is 2.63. The minimum atomic E-state index is 0.548. The second-order valence-corrected chi connectivity index (χ2v) is 4.97. The van der Waals surface area contributed by atoms with Gasteiger partial charge in [-0.05, 0) is 32.9 Å². The summed E-state index contributed by atoms with van der Waals surface area (Å²) in [5.41, 5.74) is 1.08. The van der Waals surface area contributed by atoms with Crippen molar-refractivity contribution in [2.45, 2.75) is 32.7 Å². The highest BCUT2D eigenvalue weighted by Gasteiger charge is 2.22. The molecule has 1 aliphatic heterocycles. The maximum atomic E-state index is 4.56. The van der Waals surface area contributed by atoms with Gasteiger partial charge in [0.1, 0.15) is 0 Å². The fourth-order valence-electron chi connectivity index (χ4n) is 2.63. The van der Waals surface area contributed by atoms with E-state index in [1.54, 1.807) is 0 Å². The van der Waals surface area contributed by atoms with E-state index in [0.717, 1.165) is 31.3 Å². The maximum absolute atomic E-state index is 4.56. The van der Waals surface area contributed by atoms with Gasteiger partial charge in [-0.3, -0.25) is 0 Å². The number of anilines is 1. The van der Waals surface area contributed by atoms with E-state index >= 15 is 0 Å². The van der Waals surface area contributed by atoms with Gasteiger partial charge in [0.05, 0.1) is 5.69 Å². The summed E-state index contributed by atoms with van der Waals surface area (Å²) in [6.07, 6.45) is 6.55. The van der Waals surface area contributed by atoms with Crippen LogP contribution in [0.3, 0.4) is 0 Å². The molecule has 18 heavy (non-hydrogen) atoms. The van der Waals surface area contributed by atoms with Gasteiger partial charge in [-0.25, -0.2) is 4.98 Å². The van der Waals surface area contributed by atoms with Crippen molar-refractivity contribution in [1.29, 1.82) is 0 Å². The third-order valence-electron chi connectivity index (χ3n) is 3.58. The van der Waals surface area contributed by atoms with Crippen LogP contribution in [0.15, 0.2) is 18.9 Å². The summed E-state index contributed by atoms with van der Waals surface area (Å²) in [6, 6.07) is 0.548. The van der Waals surface area contributed by atoms with Gasteiger partial charge in [0, 0.05) is 25.3 Å². The van der Waals surface area contributed by atoms with Crippen LogP contribution in [0.4, 0.5) is 5.95 Å². The van der Waals surface area contributed by atoms with Crippen LogP contribution < -0.4 is 5.32 Å². The molecule has 1 aromatic heterocycles. The number of likely N-dealkylation sites (N-methyl/N-ethyl adjacent to an activating group) is 1. The lowest BCUT2D eigenvalue weighted by atomic mass is 10.1. The molecule has 1 N–H and O–H groups in total. The summed E-state index contributed by atoms with van der Waals surface area (Å²) in [7, 11) is 0. The summed E-state index contributed by atoms with van der Waals surface area (Å²) in [6.45, 7) is 12.3. The molecule has 1 saturated heterocycles. The molecule has 1 aliphatic rings.